The maximum atomic E-state index is 10.1. The summed E-state index contributed by atoms with van der Waals surface area (Å²) < 4.78 is 0. The molecular formula is C16H33N3O4. The van der Waals surface area contributed by atoms with E-state index in [-0.39, 0.29) is 12.8 Å². The molecular weight excluding hydrogens is 298 g/mol. The Kier molecular flexibility index (Phi) is 14.9. The third kappa shape index (κ3) is 17.0. The number of piperazine rings is 1. The first kappa shape index (κ1) is 21.8. The Labute approximate surface area is 139 Å². The van der Waals surface area contributed by atoms with Gasteiger partial charge in [-0.1, -0.05) is 25.7 Å². The standard InChI is InChI=1S/C10H18O4.C6H15N3/c11-9(12)7-5-3-1-2-4-6-8-10(13)14;7-1-4-9-5-2-8-3-6-9/h1-8H2,(H,11,12)(H,13,14);8H,1-7H2. The number of nitrogens with zero attached hydrogens (tertiary/aromatic N) is 1. The smallest absolute Gasteiger partial charge is 0.303 e. The molecule has 1 rings (SSSR count). The highest BCUT2D eigenvalue weighted by atomic mass is 16.4. The molecule has 0 atom stereocenters. The van der Waals surface area contributed by atoms with E-state index >= 15 is 0 Å². The molecule has 0 bridgehead atoms. The van der Waals surface area contributed by atoms with Crippen LogP contribution in [0.2, 0.25) is 0 Å². The highest BCUT2D eigenvalue weighted by molar-refractivity contribution is 5.66. The predicted octanol–water partition coefficient (Wildman–Crippen LogP) is 1.13. The summed E-state index contributed by atoms with van der Waals surface area (Å²) in [6.45, 7) is 6.43. The van der Waals surface area contributed by atoms with Crippen LogP contribution in [0.15, 0.2) is 0 Å². The Bertz CT molecular complexity index is 285. The summed E-state index contributed by atoms with van der Waals surface area (Å²) >= 11 is 0. The topological polar surface area (TPSA) is 116 Å². The molecule has 0 spiro atoms. The maximum Gasteiger partial charge on any atom is 0.303 e. The molecule has 1 aliphatic rings. The molecule has 136 valence electrons. The molecule has 0 unspecified atom stereocenters. The van der Waals surface area contributed by atoms with Gasteiger partial charge in [-0.15, -0.1) is 0 Å². The van der Waals surface area contributed by atoms with Crippen molar-refractivity contribution in [2.45, 2.75) is 51.4 Å². The highest BCUT2D eigenvalue weighted by Crippen LogP contribution is 2.08. The molecule has 0 saturated carbocycles. The summed E-state index contributed by atoms with van der Waals surface area (Å²) in [6, 6.07) is 0. The molecule has 7 nitrogen and oxygen atoms in total. The Morgan fingerprint density at radius 1 is 0.870 bits per heavy atom. The largest absolute Gasteiger partial charge is 0.481 e. The van der Waals surface area contributed by atoms with Crippen LogP contribution >= 0.6 is 0 Å². The van der Waals surface area contributed by atoms with Gasteiger partial charge >= 0.3 is 11.9 Å². The molecule has 0 radical (unpaired) electrons. The van der Waals surface area contributed by atoms with Crippen LogP contribution in [-0.2, 0) is 9.59 Å². The molecule has 0 aliphatic carbocycles. The van der Waals surface area contributed by atoms with Crippen molar-refractivity contribution in [3.63, 3.8) is 0 Å². The number of carbonyl (C=O) groups is 2. The van der Waals surface area contributed by atoms with E-state index < -0.39 is 11.9 Å². The minimum Gasteiger partial charge on any atom is -0.481 e. The molecule has 1 heterocycles. The lowest BCUT2D eigenvalue weighted by Crippen LogP contribution is -2.45. The minimum absolute atomic E-state index is 0.245. The van der Waals surface area contributed by atoms with Gasteiger partial charge < -0.3 is 21.3 Å². The van der Waals surface area contributed by atoms with Gasteiger partial charge in [0.1, 0.15) is 0 Å². The van der Waals surface area contributed by atoms with Crippen LogP contribution in [0.25, 0.3) is 0 Å². The number of carboxylic acids is 2. The van der Waals surface area contributed by atoms with Crippen molar-refractivity contribution in [2.75, 3.05) is 39.3 Å². The first-order chi connectivity index (χ1) is 11.1. The average molecular weight is 331 g/mol. The lowest BCUT2D eigenvalue weighted by Gasteiger charge is -2.26. The second kappa shape index (κ2) is 15.7. The van der Waals surface area contributed by atoms with E-state index in [9.17, 15) is 9.59 Å². The number of carboxylic acid groups (broad SMARTS) is 2. The summed E-state index contributed by atoms with van der Waals surface area (Å²) in [7, 11) is 0. The zero-order valence-corrected chi connectivity index (χ0v) is 14.1. The number of hydrogen-bond acceptors (Lipinski definition) is 5. The number of unbranched alkanes of at least 4 members (excludes halogenated alkanes) is 5. The summed E-state index contributed by atoms with van der Waals surface area (Å²) in [5, 5.41) is 20.0. The summed E-state index contributed by atoms with van der Waals surface area (Å²) in [4.78, 5) is 22.7. The van der Waals surface area contributed by atoms with Crippen LogP contribution < -0.4 is 11.1 Å². The van der Waals surface area contributed by atoms with Crippen LogP contribution in [-0.4, -0.2) is 66.3 Å². The molecule has 7 heteroatoms. The quantitative estimate of drug-likeness (QED) is 0.419. The van der Waals surface area contributed by atoms with Crippen molar-refractivity contribution in [3.8, 4) is 0 Å². The van der Waals surface area contributed by atoms with E-state index in [1.54, 1.807) is 0 Å². The van der Waals surface area contributed by atoms with Crippen molar-refractivity contribution < 1.29 is 19.8 Å². The molecule has 0 aromatic rings. The van der Waals surface area contributed by atoms with E-state index in [1.807, 2.05) is 0 Å². The van der Waals surface area contributed by atoms with Crippen LogP contribution in [0.5, 0.6) is 0 Å². The van der Waals surface area contributed by atoms with Crippen molar-refractivity contribution in [3.05, 3.63) is 0 Å². The van der Waals surface area contributed by atoms with Gasteiger partial charge in [0.05, 0.1) is 0 Å². The van der Waals surface area contributed by atoms with Gasteiger partial charge in [-0.2, -0.15) is 0 Å². The Hall–Kier alpha value is -1.18. The van der Waals surface area contributed by atoms with Gasteiger partial charge in [0, 0.05) is 52.1 Å². The highest BCUT2D eigenvalue weighted by Gasteiger charge is 2.06. The fourth-order valence-corrected chi connectivity index (χ4v) is 2.38. The van der Waals surface area contributed by atoms with E-state index in [4.69, 9.17) is 15.9 Å². The minimum atomic E-state index is -0.740. The third-order valence-corrected chi connectivity index (χ3v) is 3.69. The molecule has 23 heavy (non-hydrogen) atoms. The first-order valence-electron chi connectivity index (χ1n) is 8.63. The summed E-state index contributed by atoms with van der Waals surface area (Å²) in [6.07, 6.45) is 5.82. The van der Waals surface area contributed by atoms with Crippen molar-refractivity contribution in [1.29, 1.82) is 0 Å². The van der Waals surface area contributed by atoms with Crippen LogP contribution in [0.4, 0.5) is 0 Å². The van der Waals surface area contributed by atoms with E-state index in [1.165, 1.54) is 0 Å². The van der Waals surface area contributed by atoms with Crippen LogP contribution in [0.1, 0.15) is 51.4 Å². The normalized spacial score (nSPS) is 14.8. The number of hydrogen-bond donors (Lipinski definition) is 4. The zero-order valence-electron chi connectivity index (χ0n) is 14.1. The molecule has 0 aromatic heterocycles. The lowest BCUT2D eigenvalue weighted by molar-refractivity contribution is -0.138. The lowest BCUT2D eigenvalue weighted by atomic mass is 10.1. The molecule has 1 fully saturated rings. The Morgan fingerprint density at radius 2 is 1.30 bits per heavy atom. The van der Waals surface area contributed by atoms with Gasteiger partial charge in [0.2, 0.25) is 0 Å². The molecule has 5 N–H and O–H groups in total. The van der Waals surface area contributed by atoms with Gasteiger partial charge in [0.15, 0.2) is 0 Å². The van der Waals surface area contributed by atoms with Crippen molar-refractivity contribution >= 4 is 11.9 Å². The van der Waals surface area contributed by atoms with Crippen LogP contribution in [0.3, 0.4) is 0 Å². The van der Waals surface area contributed by atoms with Crippen LogP contribution in [0, 0.1) is 0 Å². The zero-order chi connectivity index (χ0) is 17.3. The molecule has 1 saturated heterocycles. The van der Waals surface area contributed by atoms with E-state index in [0.29, 0.717) is 0 Å². The fourth-order valence-electron chi connectivity index (χ4n) is 2.38. The van der Waals surface area contributed by atoms with Crippen molar-refractivity contribution in [2.24, 2.45) is 5.73 Å². The number of nitrogens with two attached hydrogens (primary N) is 1. The monoisotopic (exact) mass is 331 g/mol. The Morgan fingerprint density at radius 3 is 1.70 bits per heavy atom. The SMILES string of the molecule is NCCN1CCNCC1.O=C(O)CCCCCCCCC(=O)O. The van der Waals surface area contributed by atoms with E-state index in [2.05, 4.69) is 10.2 Å². The average Bonchev–Trinajstić information content (AvgIpc) is 2.51. The predicted molar refractivity (Wildman–Crippen MR) is 90.6 cm³/mol. The Balaban J connectivity index is 0.000000459. The van der Waals surface area contributed by atoms with Gasteiger partial charge in [-0.05, 0) is 12.8 Å². The molecule has 1 aliphatic heterocycles. The van der Waals surface area contributed by atoms with Gasteiger partial charge in [-0.25, -0.2) is 0 Å². The number of rotatable bonds is 11. The van der Waals surface area contributed by atoms with Crippen molar-refractivity contribution in [1.82, 2.24) is 10.2 Å². The summed E-state index contributed by atoms with van der Waals surface area (Å²) in [5.74, 6) is -1.48. The van der Waals surface area contributed by atoms with E-state index in [0.717, 1.165) is 77.8 Å². The second-order valence-electron chi connectivity index (χ2n) is 5.79. The second-order valence-corrected chi connectivity index (χ2v) is 5.79. The first-order valence-corrected chi connectivity index (χ1v) is 8.63. The van der Waals surface area contributed by atoms with Gasteiger partial charge in [-0.3, -0.25) is 14.5 Å². The number of aliphatic carboxylic acids is 2. The molecule has 0 aromatic carbocycles. The number of nitrogens with one attached hydrogen (secondary N) is 1. The molecule has 0 amide bonds. The summed E-state index contributed by atoms with van der Waals surface area (Å²) in [5.41, 5.74) is 5.40. The third-order valence-electron chi connectivity index (χ3n) is 3.69. The fraction of sp³-hybridized carbons (Fsp3) is 0.875. The maximum absolute atomic E-state index is 10.1. The van der Waals surface area contributed by atoms with Gasteiger partial charge in [0.25, 0.3) is 0 Å².